The molecule has 1 atom stereocenters. The Morgan fingerprint density at radius 3 is 2.93 bits per heavy atom. The van der Waals surface area contributed by atoms with Gasteiger partial charge in [0.2, 0.25) is 5.88 Å². The van der Waals surface area contributed by atoms with Crippen LogP contribution in [0.4, 0.5) is 5.88 Å². The van der Waals surface area contributed by atoms with Gasteiger partial charge in [-0.3, -0.25) is 0 Å². The molecule has 0 fully saturated rings. The average Bonchev–Trinajstić information content (AvgIpc) is 2.54. The molecule has 3 rings (SSSR count). The van der Waals surface area contributed by atoms with Gasteiger partial charge < -0.3 is 10.3 Å². The van der Waals surface area contributed by atoms with E-state index in [9.17, 15) is 0 Å². The Kier molecular flexibility index (Phi) is 1.42. The molecule has 70 valence electrons. The summed E-state index contributed by atoms with van der Waals surface area (Å²) in [4.78, 5) is 0. The van der Waals surface area contributed by atoms with Crippen molar-refractivity contribution < 1.29 is 4.52 Å². The summed E-state index contributed by atoms with van der Waals surface area (Å²) in [5, 5.41) is 3.94. The normalized spacial score (nSPS) is 18.7. The predicted octanol–water partition coefficient (Wildman–Crippen LogP) is 1.94. The lowest BCUT2D eigenvalue weighted by Crippen LogP contribution is -2.17. The van der Waals surface area contributed by atoms with Crippen LogP contribution in [0.3, 0.4) is 0 Å². The molecule has 2 aromatic rings. The molecule has 2 N–H and O–H groups in total. The Labute approximate surface area is 81.5 Å². The first-order chi connectivity index (χ1) is 6.84. The van der Waals surface area contributed by atoms with Crippen LogP contribution in [0.5, 0.6) is 0 Å². The number of nitrogens with two attached hydrogens (primary N) is 1. The van der Waals surface area contributed by atoms with Gasteiger partial charge in [-0.25, -0.2) is 0 Å². The Morgan fingerprint density at radius 2 is 2.21 bits per heavy atom. The zero-order valence-electron chi connectivity index (χ0n) is 7.60. The van der Waals surface area contributed by atoms with Gasteiger partial charge in [-0.2, -0.15) is 0 Å². The number of fused-ring (bicyclic) bond motifs is 1. The Hall–Kier alpha value is -1.77. The van der Waals surface area contributed by atoms with Crippen molar-refractivity contribution in [2.24, 2.45) is 0 Å². The summed E-state index contributed by atoms with van der Waals surface area (Å²) in [7, 11) is 0. The van der Waals surface area contributed by atoms with E-state index in [-0.39, 0.29) is 0 Å². The molecule has 1 aliphatic rings. The zero-order valence-corrected chi connectivity index (χ0v) is 7.60. The number of nitrogens with zero attached hydrogens (tertiary/aromatic N) is 1. The number of anilines is 1. The molecule has 1 aliphatic carbocycles. The van der Waals surface area contributed by atoms with Crippen molar-refractivity contribution in [1.29, 1.82) is 0 Å². The number of hydrogen-bond donors (Lipinski definition) is 1. The minimum Gasteiger partial charge on any atom is -0.368 e. The molecule has 0 saturated carbocycles. The van der Waals surface area contributed by atoms with Crippen LogP contribution in [-0.4, -0.2) is 5.16 Å². The molecule has 0 aliphatic heterocycles. The second-order valence-corrected chi connectivity index (χ2v) is 3.61. The lowest BCUT2D eigenvalue weighted by atomic mass is 9.76. The van der Waals surface area contributed by atoms with Crippen molar-refractivity contribution in [3.05, 3.63) is 47.2 Å². The largest absolute Gasteiger partial charge is 0.368 e. The minimum absolute atomic E-state index is 0.382. The number of hydrogen-bond acceptors (Lipinski definition) is 3. The van der Waals surface area contributed by atoms with Gasteiger partial charge in [0, 0.05) is 12.0 Å². The lowest BCUT2D eigenvalue weighted by molar-refractivity contribution is 0.420. The molecule has 1 heterocycles. The first-order valence-electron chi connectivity index (χ1n) is 4.64. The van der Waals surface area contributed by atoms with E-state index < -0.39 is 0 Å². The maximum absolute atomic E-state index is 5.49. The van der Waals surface area contributed by atoms with E-state index in [1.165, 1.54) is 11.1 Å². The van der Waals surface area contributed by atoms with Gasteiger partial charge in [0.15, 0.2) is 0 Å². The fourth-order valence-electron chi connectivity index (χ4n) is 1.99. The molecule has 0 spiro atoms. The van der Waals surface area contributed by atoms with Gasteiger partial charge in [-0.15, -0.1) is 0 Å². The standard InChI is InChI=1S/C11H10N2O/c12-11-6-10(13-14-11)9-5-7-3-1-2-4-8(7)9/h1-4,6,9H,5,12H2. The molecule has 14 heavy (non-hydrogen) atoms. The highest BCUT2D eigenvalue weighted by atomic mass is 16.5. The highest BCUT2D eigenvalue weighted by Crippen LogP contribution is 2.39. The van der Waals surface area contributed by atoms with Crippen molar-refractivity contribution in [2.75, 3.05) is 5.73 Å². The minimum atomic E-state index is 0.382. The van der Waals surface area contributed by atoms with E-state index in [1.54, 1.807) is 6.07 Å². The van der Waals surface area contributed by atoms with E-state index in [0.717, 1.165) is 12.1 Å². The van der Waals surface area contributed by atoms with Gasteiger partial charge >= 0.3 is 0 Å². The van der Waals surface area contributed by atoms with E-state index in [1.807, 2.05) is 0 Å². The second-order valence-electron chi connectivity index (χ2n) is 3.61. The molecule has 0 radical (unpaired) electrons. The summed E-state index contributed by atoms with van der Waals surface area (Å²) in [5.74, 6) is 0.775. The monoisotopic (exact) mass is 186 g/mol. The predicted molar refractivity (Wildman–Crippen MR) is 52.9 cm³/mol. The van der Waals surface area contributed by atoms with Crippen LogP contribution in [0.25, 0.3) is 0 Å². The second kappa shape index (κ2) is 2.61. The van der Waals surface area contributed by atoms with Crippen molar-refractivity contribution in [3.8, 4) is 0 Å². The molecule has 0 amide bonds. The average molecular weight is 186 g/mol. The van der Waals surface area contributed by atoms with Crippen molar-refractivity contribution in [1.82, 2.24) is 5.16 Å². The molecule has 0 saturated heterocycles. The lowest BCUT2D eigenvalue weighted by Gasteiger charge is -2.27. The van der Waals surface area contributed by atoms with Crippen LogP contribution >= 0.6 is 0 Å². The first kappa shape index (κ1) is 7.62. The third-order valence-corrected chi connectivity index (χ3v) is 2.76. The summed E-state index contributed by atoms with van der Waals surface area (Å²) >= 11 is 0. The van der Waals surface area contributed by atoms with E-state index in [2.05, 4.69) is 29.4 Å². The number of rotatable bonds is 1. The van der Waals surface area contributed by atoms with Gasteiger partial charge in [-0.1, -0.05) is 29.4 Å². The fourth-order valence-corrected chi connectivity index (χ4v) is 1.99. The maximum atomic E-state index is 5.49. The summed E-state index contributed by atoms with van der Waals surface area (Å²) < 4.78 is 4.86. The van der Waals surface area contributed by atoms with Gasteiger partial charge in [0.1, 0.15) is 0 Å². The number of benzene rings is 1. The highest BCUT2D eigenvalue weighted by Gasteiger charge is 2.29. The third-order valence-electron chi connectivity index (χ3n) is 2.76. The van der Waals surface area contributed by atoms with Gasteiger partial charge in [0.05, 0.1) is 5.69 Å². The molecule has 1 unspecified atom stereocenters. The van der Waals surface area contributed by atoms with Crippen molar-refractivity contribution >= 4 is 5.88 Å². The molecule has 3 heteroatoms. The maximum Gasteiger partial charge on any atom is 0.222 e. The molecule has 1 aromatic carbocycles. The molecular formula is C11H10N2O. The highest BCUT2D eigenvalue weighted by molar-refractivity contribution is 5.46. The summed E-state index contributed by atoms with van der Waals surface area (Å²) in [6, 6.07) is 10.2. The molecular weight excluding hydrogens is 176 g/mol. The van der Waals surface area contributed by atoms with E-state index >= 15 is 0 Å². The van der Waals surface area contributed by atoms with Crippen molar-refractivity contribution in [3.63, 3.8) is 0 Å². The summed E-state index contributed by atoms with van der Waals surface area (Å²) in [6.07, 6.45) is 1.04. The smallest absolute Gasteiger partial charge is 0.222 e. The molecule has 0 bridgehead atoms. The Morgan fingerprint density at radius 1 is 1.36 bits per heavy atom. The van der Waals surface area contributed by atoms with Crippen LogP contribution in [-0.2, 0) is 6.42 Å². The first-order valence-corrected chi connectivity index (χ1v) is 4.64. The van der Waals surface area contributed by atoms with Crippen molar-refractivity contribution in [2.45, 2.75) is 12.3 Å². The van der Waals surface area contributed by atoms with Gasteiger partial charge in [0.25, 0.3) is 0 Å². The van der Waals surface area contributed by atoms with Crippen LogP contribution < -0.4 is 5.73 Å². The molecule has 1 aromatic heterocycles. The Balaban J connectivity index is 1.99. The zero-order chi connectivity index (χ0) is 9.54. The van der Waals surface area contributed by atoms with Crippen LogP contribution in [0, 0.1) is 0 Å². The Bertz CT molecular complexity index is 476. The van der Waals surface area contributed by atoms with E-state index in [4.69, 9.17) is 10.3 Å². The molecule has 3 nitrogen and oxygen atoms in total. The third kappa shape index (κ3) is 0.954. The SMILES string of the molecule is Nc1cc(C2Cc3ccccc32)no1. The fraction of sp³-hybridized carbons (Fsp3) is 0.182. The number of aromatic nitrogens is 1. The topological polar surface area (TPSA) is 52.0 Å². The van der Waals surface area contributed by atoms with Crippen LogP contribution in [0.15, 0.2) is 34.9 Å². The van der Waals surface area contributed by atoms with E-state index in [0.29, 0.717) is 11.8 Å². The summed E-state index contributed by atoms with van der Waals surface area (Å²) in [6.45, 7) is 0. The quantitative estimate of drug-likeness (QED) is 0.740. The van der Waals surface area contributed by atoms with Crippen LogP contribution in [0.2, 0.25) is 0 Å². The number of nitrogen functional groups attached to an aromatic ring is 1. The van der Waals surface area contributed by atoms with Gasteiger partial charge in [-0.05, 0) is 17.5 Å². The summed E-state index contributed by atoms with van der Waals surface area (Å²) in [5.41, 5.74) is 9.18. The van der Waals surface area contributed by atoms with Crippen LogP contribution in [0.1, 0.15) is 22.7 Å².